The van der Waals surface area contributed by atoms with Crippen LogP contribution < -0.4 is 11.2 Å². The van der Waals surface area contributed by atoms with E-state index in [2.05, 4.69) is 9.72 Å². The van der Waals surface area contributed by atoms with Crippen molar-refractivity contribution in [1.82, 2.24) is 9.55 Å². The fourth-order valence-electron chi connectivity index (χ4n) is 2.69. The van der Waals surface area contributed by atoms with Crippen molar-refractivity contribution in [2.45, 2.75) is 31.3 Å². The van der Waals surface area contributed by atoms with Gasteiger partial charge >= 0.3 is 5.69 Å². The molecule has 2 heterocycles. The van der Waals surface area contributed by atoms with E-state index in [1.807, 2.05) is 0 Å². The van der Waals surface area contributed by atoms with E-state index >= 15 is 0 Å². The van der Waals surface area contributed by atoms with Crippen LogP contribution in [0.15, 0.2) is 21.9 Å². The second kappa shape index (κ2) is 6.89. The van der Waals surface area contributed by atoms with Crippen LogP contribution in [0.3, 0.4) is 0 Å². The molecular weight excluding hydrogens is 315 g/mol. The minimum absolute atomic E-state index is 0.585. The zero-order valence-corrected chi connectivity index (χ0v) is 12.6. The molecule has 0 aliphatic carbocycles. The first-order valence-electron chi connectivity index (χ1n) is 6.91. The molecule has 1 aromatic rings. The van der Waals surface area contributed by atoms with Crippen LogP contribution in [0.5, 0.6) is 0 Å². The number of aliphatic hydroxyl groups excluding tert-OH is 2. The molecule has 0 bridgehead atoms. The van der Waals surface area contributed by atoms with Crippen molar-refractivity contribution in [3.63, 3.8) is 0 Å². The van der Waals surface area contributed by atoms with Crippen molar-refractivity contribution < 1.29 is 28.8 Å². The van der Waals surface area contributed by atoms with Crippen molar-refractivity contribution in [2.24, 2.45) is 5.92 Å². The SMILES string of the molecule is COC(O)OC1C(C)C(n2ccc(=O)[nH]c2=O)OC1(CO)CF. The Bertz CT molecular complexity index is 642. The Morgan fingerprint density at radius 2 is 2.26 bits per heavy atom. The van der Waals surface area contributed by atoms with Gasteiger partial charge in [0, 0.05) is 25.3 Å². The summed E-state index contributed by atoms with van der Waals surface area (Å²) in [5, 5.41) is 19.0. The molecule has 23 heavy (non-hydrogen) atoms. The topological polar surface area (TPSA) is 123 Å². The van der Waals surface area contributed by atoms with E-state index in [0.717, 1.165) is 10.6 Å². The number of halogens is 1. The highest BCUT2D eigenvalue weighted by Crippen LogP contribution is 2.43. The molecular formula is C13H19FN2O7. The summed E-state index contributed by atoms with van der Waals surface area (Å²) in [6, 6.07) is 1.12. The monoisotopic (exact) mass is 334 g/mol. The van der Waals surface area contributed by atoms with Gasteiger partial charge in [0.05, 0.1) is 6.61 Å². The summed E-state index contributed by atoms with van der Waals surface area (Å²) >= 11 is 0. The summed E-state index contributed by atoms with van der Waals surface area (Å²) in [5.74, 6) is -0.633. The van der Waals surface area contributed by atoms with Crippen LogP contribution in [0.1, 0.15) is 13.2 Å². The first-order chi connectivity index (χ1) is 10.9. The Morgan fingerprint density at radius 3 is 2.78 bits per heavy atom. The molecule has 0 amide bonds. The smallest absolute Gasteiger partial charge is 0.330 e. The van der Waals surface area contributed by atoms with Crippen LogP contribution in [0.2, 0.25) is 0 Å². The minimum Gasteiger partial charge on any atom is -0.393 e. The van der Waals surface area contributed by atoms with Crippen molar-refractivity contribution in [2.75, 3.05) is 20.4 Å². The maximum Gasteiger partial charge on any atom is 0.330 e. The van der Waals surface area contributed by atoms with E-state index in [-0.39, 0.29) is 0 Å². The van der Waals surface area contributed by atoms with Gasteiger partial charge in [0.1, 0.15) is 24.6 Å². The molecule has 2 rings (SSSR count). The maximum atomic E-state index is 13.6. The lowest BCUT2D eigenvalue weighted by Crippen LogP contribution is -2.49. The molecule has 5 unspecified atom stereocenters. The lowest BCUT2D eigenvalue weighted by Gasteiger charge is -2.31. The van der Waals surface area contributed by atoms with Crippen molar-refractivity contribution >= 4 is 0 Å². The van der Waals surface area contributed by atoms with Crippen LogP contribution in [0, 0.1) is 5.92 Å². The Labute approximate surface area is 130 Å². The van der Waals surface area contributed by atoms with Gasteiger partial charge in [-0.3, -0.25) is 14.3 Å². The van der Waals surface area contributed by atoms with Gasteiger partial charge in [-0.05, 0) is 0 Å². The standard InChI is InChI=1S/C13H19FN2O7/c1-7-9(22-12(20)21-2)13(5-14,6-17)23-10(7)16-4-3-8(18)15-11(16)19/h3-4,7,9-10,12,17,20H,5-6H2,1-2H3,(H,15,18,19). The van der Waals surface area contributed by atoms with Crippen molar-refractivity contribution in [3.8, 4) is 0 Å². The Balaban J connectivity index is 2.40. The lowest BCUT2D eigenvalue weighted by atomic mass is 9.92. The zero-order chi connectivity index (χ0) is 17.2. The Morgan fingerprint density at radius 1 is 1.57 bits per heavy atom. The van der Waals surface area contributed by atoms with Crippen molar-refractivity contribution in [1.29, 1.82) is 0 Å². The van der Waals surface area contributed by atoms with Gasteiger partial charge in [0.25, 0.3) is 12.0 Å². The van der Waals surface area contributed by atoms with Crippen LogP contribution >= 0.6 is 0 Å². The van der Waals surface area contributed by atoms with Gasteiger partial charge in [0.15, 0.2) is 0 Å². The number of aromatic nitrogens is 2. The predicted molar refractivity (Wildman–Crippen MR) is 74.3 cm³/mol. The van der Waals surface area contributed by atoms with E-state index in [1.54, 1.807) is 6.92 Å². The van der Waals surface area contributed by atoms with E-state index in [0.29, 0.717) is 0 Å². The number of hydrogen-bond donors (Lipinski definition) is 3. The number of hydrogen-bond acceptors (Lipinski definition) is 7. The molecule has 0 saturated carbocycles. The number of alkyl halides is 1. The summed E-state index contributed by atoms with van der Waals surface area (Å²) in [5.41, 5.74) is -3.09. The fraction of sp³-hybridized carbons (Fsp3) is 0.692. The third kappa shape index (κ3) is 3.21. The highest BCUT2D eigenvalue weighted by atomic mass is 19.1. The van der Waals surface area contributed by atoms with Crippen LogP contribution in [-0.2, 0) is 14.2 Å². The minimum atomic E-state index is -1.76. The van der Waals surface area contributed by atoms with Crippen LogP contribution in [0.4, 0.5) is 4.39 Å². The molecule has 1 aromatic heterocycles. The van der Waals surface area contributed by atoms with E-state index < -0.39 is 54.9 Å². The van der Waals surface area contributed by atoms with Gasteiger partial charge < -0.3 is 24.4 Å². The zero-order valence-electron chi connectivity index (χ0n) is 12.6. The first-order valence-corrected chi connectivity index (χ1v) is 6.91. The molecule has 130 valence electrons. The van der Waals surface area contributed by atoms with Gasteiger partial charge in [-0.1, -0.05) is 6.92 Å². The average Bonchev–Trinajstić information content (AvgIpc) is 2.81. The molecule has 10 heteroatoms. The van der Waals surface area contributed by atoms with E-state index in [1.165, 1.54) is 13.3 Å². The van der Waals surface area contributed by atoms with Gasteiger partial charge in [-0.2, -0.15) is 0 Å². The lowest BCUT2D eigenvalue weighted by molar-refractivity contribution is -0.293. The Hall–Kier alpha value is -1.59. The quantitative estimate of drug-likeness (QED) is 0.553. The number of H-pyrrole nitrogens is 1. The van der Waals surface area contributed by atoms with Gasteiger partial charge in [-0.25, -0.2) is 9.18 Å². The number of nitrogens with one attached hydrogen (secondary N) is 1. The fourth-order valence-corrected chi connectivity index (χ4v) is 2.69. The Kier molecular flexibility index (Phi) is 5.32. The summed E-state index contributed by atoms with van der Waals surface area (Å²) in [4.78, 5) is 25.1. The second-order valence-corrected chi connectivity index (χ2v) is 5.34. The number of nitrogens with zero attached hydrogens (tertiary/aromatic N) is 1. The van der Waals surface area contributed by atoms with Crippen LogP contribution in [0.25, 0.3) is 0 Å². The number of rotatable bonds is 6. The molecule has 0 aromatic carbocycles. The molecule has 1 fully saturated rings. The average molecular weight is 334 g/mol. The van der Waals surface area contributed by atoms with E-state index in [4.69, 9.17) is 9.47 Å². The number of ether oxygens (including phenoxy) is 3. The summed E-state index contributed by atoms with van der Waals surface area (Å²) in [7, 11) is 1.19. The largest absolute Gasteiger partial charge is 0.393 e. The molecule has 1 saturated heterocycles. The summed E-state index contributed by atoms with van der Waals surface area (Å²) < 4.78 is 30.0. The molecule has 1 aliphatic rings. The third-order valence-corrected chi connectivity index (χ3v) is 3.89. The number of aromatic amines is 1. The molecule has 5 atom stereocenters. The summed E-state index contributed by atoms with van der Waals surface area (Å²) in [6.07, 6.45) is -0.884. The molecule has 9 nitrogen and oxygen atoms in total. The number of aliphatic hydroxyl groups is 2. The van der Waals surface area contributed by atoms with Crippen LogP contribution in [-0.4, -0.2) is 58.3 Å². The van der Waals surface area contributed by atoms with Crippen molar-refractivity contribution in [3.05, 3.63) is 33.1 Å². The second-order valence-electron chi connectivity index (χ2n) is 5.34. The van der Waals surface area contributed by atoms with E-state index in [9.17, 15) is 24.2 Å². The highest BCUT2D eigenvalue weighted by Gasteiger charge is 2.56. The molecule has 1 aliphatic heterocycles. The maximum absolute atomic E-state index is 13.6. The highest BCUT2D eigenvalue weighted by molar-refractivity contribution is 5.01. The van der Waals surface area contributed by atoms with Gasteiger partial charge in [-0.15, -0.1) is 0 Å². The normalized spacial score (nSPS) is 32.1. The third-order valence-electron chi connectivity index (χ3n) is 3.89. The first kappa shape index (κ1) is 17.8. The molecule has 0 radical (unpaired) electrons. The summed E-state index contributed by atoms with van der Waals surface area (Å²) in [6.45, 7) is -1.88. The molecule has 3 N–H and O–H groups in total. The number of methoxy groups -OCH3 is 1. The predicted octanol–water partition coefficient (Wildman–Crippen LogP) is -1.29. The van der Waals surface area contributed by atoms with Gasteiger partial charge in [0.2, 0.25) is 0 Å². The molecule has 0 spiro atoms.